The highest BCUT2D eigenvalue weighted by atomic mass is 16.5. The third-order valence-electron chi connectivity index (χ3n) is 4.90. The molecule has 1 fully saturated rings. The van der Waals surface area contributed by atoms with Gasteiger partial charge in [0.25, 0.3) is 5.56 Å². The fraction of sp³-hybridized carbons (Fsp3) is 0.286. The zero-order chi connectivity index (χ0) is 18.6. The van der Waals surface area contributed by atoms with Gasteiger partial charge in [-0.25, -0.2) is 4.98 Å². The van der Waals surface area contributed by atoms with Gasteiger partial charge in [-0.15, -0.1) is 0 Å². The number of pyridine rings is 1. The average molecular weight is 362 g/mol. The molecule has 0 spiro atoms. The Balaban J connectivity index is 1.50. The Hall–Kier alpha value is -2.99. The lowest BCUT2D eigenvalue weighted by Gasteiger charge is -2.16. The zero-order valence-electron chi connectivity index (χ0n) is 15.3. The molecule has 0 amide bonds. The molecule has 1 saturated heterocycles. The topological polar surface area (TPSA) is 71.1 Å². The monoisotopic (exact) mass is 362 g/mol. The molecule has 1 aromatic carbocycles. The summed E-state index contributed by atoms with van der Waals surface area (Å²) in [5.74, 6) is 1.66. The molecule has 1 aliphatic heterocycles. The van der Waals surface area contributed by atoms with Gasteiger partial charge in [-0.2, -0.15) is 0 Å². The molecule has 0 bridgehead atoms. The van der Waals surface area contributed by atoms with Crippen LogP contribution in [0.3, 0.4) is 0 Å². The first kappa shape index (κ1) is 17.4. The lowest BCUT2D eigenvalue weighted by molar-refractivity contribution is 0.325. The molecule has 3 heterocycles. The Labute approximate surface area is 157 Å². The Morgan fingerprint density at radius 2 is 2.15 bits per heavy atom. The number of H-pyrrole nitrogens is 1. The summed E-state index contributed by atoms with van der Waals surface area (Å²) in [5.41, 5.74) is 2.62. The molecule has 27 heavy (non-hydrogen) atoms. The molecule has 1 atom stereocenters. The number of rotatable bonds is 5. The molecule has 3 aromatic rings. The van der Waals surface area contributed by atoms with Crippen molar-refractivity contribution in [3.05, 3.63) is 76.3 Å². The number of aromatic nitrogens is 3. The van der Waals surface area contributed by atoms with E-state index in [0.717, 1.165) is 37.5 Å². The summed E-state index contributed by atoms with van der Waals surface area (Å²) in [6.45, 7) is 2.73. The maximum atomic E-state index is 12.1. The van der Waals surface area contributed by atoms with Crippen LogP contribution in [0.5, 0.6) is 5.75 Å². The SMILES string of the molecule is COc1cccc(CN2CCC(c3cc(=O)[nH]c(-c4ccccn4)n3)C2)c1. The highest BCUT2D eigenvalue weighted by Crippen LogP contribution is 2.27. The van der Waals surface area contributed by atoms with Gasteiger partial charge in [-0.05, 0) is 42.8 Å². The molecule has 2 aromatic heterocycles. The van der Waals surface area contributed by atoms with Gasteiger partial charge >= 0.3 is 0 Å². The van der Waals surface area contributed by atoms with Crippen LogP contribution in [0, 0.1) is 0 Å². The predicted molar refractivity (Wildman–Crippen MR) is 104 cm³/mol. The third kappa shape index (κ3) is 4.06. The van der Waals surface area contributed by atoms with Crippen LogP contribution in [0.1, 0.15) is 23.6 Å². The summed E-state index contributed by atoms with van der Waals surface area (Å²) in [5, 5.41) is 0. The molecule has 0 aliphatic carbocycles. The minimum atomic E-state index is -0.133. The van der Waals surface area contributed by atoms with Crippen LogP contribution in [-0.2, 0) is 6.54 Å². The van der Waals surface area contributed by atoms with Crippen molar-refractivity contribution in [1.29, 1.82) is 0 Å². The summed E-state index contributed by atoms with van der Waals surface area (Å²) in [6.07, 6.45) is 2.69. The molecule has 1 N–H and O–H groups in total. The molecule has 6 nitrogen and oxygen atoms in total. The van der Waals surface area contributed by atoms with Crippen LogP contribution in [0.2, 0.25) is 0 Å². The Morgan fingerprint density at radius 1 is 1.22 bits per heavy atom. The van der Waals surface area contributed by atoms with Crippen LogP contribution in [-0.4, -0.2) is 40.1 Å². The maximum absolute atomic E-state index is 12.1. The quantitative estimate of drug-likeness (QED) is 0.756. The summed E-state index contributed by atoms with van der Waals surface area (Å²) in [6, 6.07) is 15.4. The van der Waals surface area contributed by atoms with E-state index in [1.807, 2.05) is 30.3 Å². The van der Waals surface area contributed by atoms with Crippen molar-refractivity contribution in [2.75, 3.05) is 20.2 Å². The van der Waals surface area contributed by atoms with Crippen molar-refractivity contribution in [3.8, 4) is 17.3 Å². The molecule has 0 radical (unpaired) electrons. The van der Waals surface area contributed by atoms with E-state index in [4.69, 9.17) is 4.74 Å². The van der Waals surface area contributed by atoms with E-state index < -0.39 is 0 Å². The van der Waals surface area contributed by atoms with Gasteiger partial charge in [0.2, 0.25) is 0 Å². The van der Waals surface area contributed by atoms with E-state index >= 15 is 0 Å². The largest absolute Gasteiger partial charge is 0.497 e. The molecule has 1 unspecified atom stereocenters. The molecule has 4 rings (SSSR count). The van der Waals surface area contributed by atoms with E-state index in [2.05, 4.69) is 32.0 Å². The van der Waals surface area contributed by atoms with Crippen LogP contribution in [0.15, 0.2) is 59.5 Å². The summed E-state index contributed by atoms with van der Waals surface area (Å²) in [7, 11) is 1.68. The minimum Gasteiger partial charge on any atom is -0.497 e. The smallest absolute Gasteiger partial charge is 0.251 e. The Morgan fingerprint density at radius 3 is 2.96 bits per heavy atom. The number of aromatic amines is 1. The molecular weight excluding hydrogens is 340 g/mol. The summed E-state index contributed by atoms with van der Waals surface area (Å²) < 4.78 is 5.31. The lowest BCUT2D eigenvalue weighted by atomic mass is 10.0. The fourth-order valence-electron chi connectivity index (χ4n) is 3.56. The minimum absolute atomic E-state index is 0.133. The second-order valence-corrected chi connectivity index (χ2v) is 6.81. The van der Waals surface area contributed by atoms with Crippen LogP contribution < -0.4 is 10.3 Å². The summed E-state index contributed by atoms with van der Waals surface area (Å²) in [4.78, 5) is 26.3. The van der Waals surface area contributed by atoms with Crippen molar-refractivity contribution < 1.29 is 4.74 Å². The highest BCUT2D eigenvalue weighted by molar-refractivity contribution is 5.48. The van der Waals surface area contributed by atoms with Crippen molar-refractivity contribution in [3.63, 3.8) is 0 Å². The predicted octanol–water partition coefficient (Wildman–Crippen LogP) is 2.83. The Bertz CT molecular complexity index is 971. The number of hydrogen-bond acceptors (Lipinski definition) is 5. The van der Waals surface area contributed by atoms with Gasteiger partial charge in [0, 0.05) is 31.3 Å². The molecule has 6 heteroatoms. The van der Waals surface area contributed by atoms with Gasteiger partial charge in [0.15, 0.2) is 5.82 Å². The third-order valence-corrected chi connectivity index (χ3v) is 4.90. The van der Waals surface area contributed by atoms with Gasteiger partial charge in [-0.3, -0.25) is 14.7 Å². The number of likely N-dealkylation sites (tertiary alicyclic amines) is 1. The van der Waals surface area contributed by atoms with Crippen molar-refractivity contribution in [1.82, 2.24) is 19.9 Å². The zero-order valence-corrected chi connectivity index (χ0v) is 15.3. The first-order chi connectivity index (χ1) is 13.2. The number of benzene rings is 1. The van der Waals surface area contributed by atoms with Gasteiger partial charge in [-0.1, -0.05) is 18.2 Å². The lowest BCUT2D eigenvalue weighted by Crippen LogP contribution is -2.20. The summed E-state index contributed by atoms with van der Waals surface area (Å²) >= 11 is 0. The molecular formula is C21H22N4O2. The van der Waals surface area contributed by atoms with Crippen molar-refractivity contribution in [2.45, 2.75) is 18.9 Å². The number of hydrogen-bond donors (Lipinski definition) is 1. The van der Waals surface area contributed by atoms with E-state index in [1.54, 1.807) is 19.4 Å². The van der Waals surface area contributed by atoms with Crippen LogP contribution in [0.4, 0.5) is 0 Å². The van der Waals surface area contributed by atoms with E-state index in [0.29, 0.717) is 11.5 Å². The van der Waals surface area contributed by atoms with E-state index in [-0.39, 0.29) is 11.5 Å². The standard InChI is InChI=1S/C21H22N4O2/c1-27-17-6-4-5-15(11-17)13-25-10-8-16(14-25)19-12-20(26)24-21(23-19)18-7-2-3-9-22-18/h2-7,9,11-12,16H,8,10,13-14H2,1H3,(H,23,24,26). The first-order valence-corrected chi connectivity index (χ1v) is 9.09. The second-order valence-electron chi connectivity index (χ2n) is 6.81. The number of nitrogens with one attached hydrogen (secondary N) is 1. The van der Waals surface area contributed by atoms with Crippen molar-refractivity contribution >= 4 is 0 Å². The second kappa shape index (κ2) is 7.72. The van der Waals surface area contributed by atoms with E-state index in [9.17, 15) is 4.79 Å². The number of ether oxygens (including phenoxy) is 1. The fourth-order valence-corrected chi connectivity index (χ4v) is 3.56. The van der Waals surface area contributed by atoms with Crippen LogP contribution >= 0.6 is 0 Å². The maximum Gasteiger partial charge on any atom is 0.251 e. The van der Waals surface area contributed by atoms with Crippen LogP contribution in [0.25, 0.3) is 11.5 Å². The van der Waals surface area contributed by atoms with Gasteiger partial charge < -0.3 is 9.72 Å². The van der Waals surface area contributed by atoms with Crippen molar-refractivity contribution in [2.24, 2.45) is 0 Å². The molecule has 1 aliphatic rings. The average Bonchev–Trinajstić information content (AvgIpc) is 3.17. The first-order valence-electron chi connectivity index (χ1n) is 9.09. The molecule has 0 saturated carbocycles. The normalized spacial score (nSPS) is 17.1. The van der Waals surface area contributed by atoms with E-state index in [1.165, 1.54) is 5.56 Å². The van der Waals surface area contributed by atoms with Gasteiger partial charge in [0.05, 0.1) is 12.8 Å². The molecule has 138 valence electrons. The number of methoxy groups -OCH3 is 1. The van der Waals surface area contributed by atoms with Gasteiger partial charge in [0.1, 0.15) is 11.4 Å². The Kier molecular flexibility index (Phi) is 4.98. The number of nitrogens with zero attached hydrogens (tertiary/aromatic N) is 3. The highest BCUT2D eigenvalue weighted by Gasteiger charge is 2.26.